The normalized spacial score (nSPS) is 20.3. The third kappa shape index (κ3) is 3.96. The Hall–Kier alpha value is -1.14. The van der Waals surface area contributed by atoms with E-state index in [0.29, 0.717) is 19.6 Å². The highest BCUT2D eigenvalue weighted by molar-refractivity contribution is 5.79. The van der Waals surface area contributed by atoms with Gasteiger partial charge in [0, 0.05) is 39.3 Å². The molecule has 0 bridgehead atoms. The SMILES string of the molecule is CNC(=O)CN1CCN(C(=O)C(C)C(C)N)CC1. The Morgan fingerprint density at radius 2 is 1.78 bits per heavy atom. The molecular weight excluding hydrogens is 232 g/mol. The smallest absolute Gasteiger partial charge is 0.233 e. The minimum Gasteiger partial charge on any atom is -0.358 e. The van der Waals surface area contributed by atoms with Crippen molar-refractivity contribution in [2.45, 2.75) is 19.9 Å². The number of rotatable bonds is 4. The maximum absolute atomic E-state index is 12.1. The third-order valence-electron chi connectivity index (χ3n) is 3.51. The summed E-state index contributed by atoms with van der Waals surface area (Å²) >= 11 is 0. The van der Waals surface area contributed by atoms with Crippen LogP contribution in [0.1, 0.15) is 13.8 Å². The van der Waals surface area contributed by atoms with Gasteiger partial charge in [-0.1, -0.05) is 6.92 Å². The lowest BCUT2D eigenvalue weighted by Gasteiger charge is -2.36. The lowest BCUT2D eigenvalue weighted by molar-refractivity contribution is -0.137. The lowest BCUT2D eigenvalue weighted by Crippen LogP contribution is -2.53. The van der Waals surface area contributed by atoms with Crippen LogP contribution in [0.5, 0.6) is 0 Å². The molecule has 1 heterocycles. The zero-order chi connectivity index (χ0) is 13.7. The van der Waals surface area contributed by atoms with Crippen molar-refractivity contribution >= 4 is 11.8 Å². The molecule has 2 unspecified atom stereocenters. The molecule has 18 heavy (non-hydrogen) atoms. The van der Waals surface area contributed by atoms with Gasteiger partial charge >= 0.3 is 0 Å². The van der Waals surface area contributed by atoms with E-state index >= 15 is 0 Å². The molecule has 1 rings (SSSR count). The molecule has 1 aliphatic rings. The van der Waals surface area contributed by atoms with Gasteiger partial charge in [-0.25, -0.2) is 0 Å². The number of nitrogens with two attached hydrogens (primary N) is 1. The summed E-state index contributed by atoms with van der Waals surface area (Å²) in [5, 5.41) is 2.60. The zero-order valence-corrected chi connectivity index (χ0v) is 11.5. The second kappa shape index (κ2) is 6.70. The van der Waals surface area contributed by atoms with Crippen LogP contribution in [-0.2, 0) is 9.59 Å². The number of carbonyl (C=O) groups excluding carboxylic acids is 2. The highest BCUT2D eigenvalue weighted by Gasteiger charge is 2.26. The first-order chi connectivity index (χ1) is 8.45. The van der Waals surface area contributed by atoms with Gasteiger partial charge in [0.15, 0.2) is 0 Å². The monoisotopic (exact) mass is 256 g/mol. The molecule has 0 aliphatic carbocycles. The number of carbonyl (C=O) groups is 2. The number of hydrogen-bond donors (Lipinski definition) is 2. The first-order valence-electron chi connectivity index (χ1n) is 6.43. The van der Waals surface area contributed by atoms with Crippen molar-refractivity contribution in [2.24, 2.45) is 11.7 Å². The summed E-state index contributed by atoms with van der Waals surface area (Å²) in [6.45, 7) is 6.95. The van der Waals surface area contributed by atoms with Crippen LogP contribution in [0.4, 0.5) is 0 Å². The quantitative estimate of drug-likeness (QED) is 0.666. The van der Waals surface area contributed by atoms with Crippen molar-refractivity contribution in [3.05, 3.63) is 0 Å². The van der Waals surface area contributed by atoms with E-state index in [9.17, 15) is 9.59 Å². The molecule has 2 amide bonds. The van der Waals surface area contributed by atoms with Crippen LogP contribution in [0.3, 0.4) is 0 Å². The fourth-order valence-electron chi connectivity index (χ4n) is 1.92. The minimum absolute atomic E-state index is 0.0127. The van der Waals surface area contributed by atoms with E-state index in [0.717, 1.165) is 13.1 Å². The summed E-state index contributed by atoms with van der Waals surface area (Å²) in [4.78, 5) is 27.2. The maximum Gasteiger partial charge on any atom is 0.233 e. The van der Waals surface area contributed by atoms with Crippen LogP contribution in [0.2, 0.25) is 0 Å². The van der Waals surface area contributed by atoms with Gasteiger partial charge in [-0.3, -0.25) is 14.5 Å². The average Bonchev–Trinajstić information content (AvgIpc) is 2.37. The van der Waals surface area contributed by atoms with Gasteiger partial charge < -0.3 is 16.0 Å². The van der Waals surface area contributed by atoms with E-state index in [1.54, 1.807) is 7.05 Å². The van der Waals surface area contributed by atoms with Gasteiger partial charge in [0.25, 0.3) is 0 Å². The second-order valence-corrected chi connectivity index (χ2v) is 4.92. The summed E-state index contributed by atoms with van der Waals surface area (Å²) in [5.41, 5.74) is 5.74. The van der Waals surface area contributed by atoms with Crippen LogP contribution in [0, 0.1) is 5.92 Å². The van der Waals surface area contributed by atoms with Gasteiger partial charge in [-0.2, -0.15) is 0 Å². The Labute approximate surface area is 108 Å². The molecule has 0 aromatic carbocycles. The average molecular weight is 256 g/mol. The van der Waals surface area contributed by atoms with Gasteiger partial charge in [0.1, 0.15) is 0 Å². The molecule has 0 aromatic rings. The van der Waals surface area contributed by atoms with Crippen molar-refractivity contribution in [3.8, 4) is 0 Å². The predicted molar refractivity (Wildman–Crippen MR) is 69.9 cm³/mol. The Kier molecular flexibility index (Phi) is 5.55. The van der Waals surface area contributed by atoms with Crippen LogP contribution in [-0.4, -0.2) is 67.4 Å². The van der Waals surface area contributed by atoms with Gasteiger partial charge in [-0.15, -0.1) is 0 Å². The van der Waals surface area contributed by atoms with Crippen molar-refractivity contribution in [3.63, 3.8) is 0 Å². The summed E-state index contributed by atoms with van der Waals surface area (Å²) in [6, 6.07) is -0.124. The molecule has 0 spiro atoms. The largest absolute Gasteiger partial charge is 0.358 e. The standard InChI is InChI=1S/C12H24N4O2/c1-9(10(2)13)12(18)16-6-4-15(5-7-16)8-11(17)14-3/h9-10H,4-8,13H2,1-3H3,(H,14,17). The van der Waals surface area contributed by atoms with Crippen molar-refractivity contribution in [1.29, 1.82) is 0 Å². The number of amides is 2. The molecular formula is C12H24N4O2. The topological polar surface area (TPSA) is 78.7 Å². The summed E-state index contributed by atoms with van der Waals surface area (Å²) < 4.78 is 0. The van der Waals surface area contributed by atoms with E-state index in [-0.39, 0.29) is 23.8 Å². The highest BCUT2D eigenvalue weighted by atomic mass is 16.2. The third-order valence-corrected chi connectivity index (χ3v) is 3.51. The Morgan fingerprint density at radius 3 is 2.22 bits per heavy atom. The van der Waals surface area contributed by atoms with E-state index in [2.05, 4.69) is 10.2 Å². The summed E-state index contributed by atoms with van der Waals surface area (Å²) in [5.74, 6) is -0.0150. The van der Waals surface area contributed by atoms with Gasteiger partial charge in [0.05, 0.1) is 12.5 Å². The molecule has 0 radical (unpaired) electrons. The molecule has 0 aromatic heterocycles. The van der Waals surface area contributed by atoms with E-state index < -0.39 is 0 Å². The Bertz CT molecular complexity index is 298. The van der Waals surface area contributed by atoms with Crippen LogP contribution < -0.4 is 11.1 Å². The number of nitrogens with one attached hydrogen (secondary N) is 1. The Morgan fingerprint density at radius 1 is 1.22 bits per heavy atom. The molecule has 0 saturated carbocycles. The molecule has 1 aliphatic heterocycles. The van der Waals surface area contributed by atoms with Crippen molar-refractivity contribution in [1.82, 2.24) is 15.1 Å². The molecule has 3 N–H and O–H groups in total. The molecule has 2 atom stereocenters. The first kappa shape index (κ1) is 14.9. The van der Waals surface area contributed by atoms with Gasteiger partial charge in [-0.05, 0) is 6.92 Å². The van der Waals surface area contributed by atoms with Crippen LogP contribution in [0.25, 0.3) is 0 Å². The second-order valence-electron chi connectivity index (χ2n) is 4.92. The molecule has 1 fully saturated rings. The van der Waals surface area contributed by atoms with Gasteiger partial charge in [0.2, 0.25) is 11.8 Å². The number of hydrogen-bond acceptors (Lipinski definition) is 4. The highest BCUT2D eigenvalue weighted by Crippen LogP contribution is 2.09. The summed E-state index contributed by atoms with van der Waals surface area (Å²) in [7, 11) is 1.63. The molecule has 6 heteroatoms. The summed E-state index contributed by atoms with van der Waals surface area (Å²) in [6.07, 6.45) is 0. The predicted octanol–water partition coefficient (Wildman–Crippen LogP) is -1.14. The fraction of sp³-hybridized carbons (Fsp3) is 0.833. The van der Waals surface area contributed by atoms with E-state index in [1.807, 2.05) is 18.7 Å². The lowest BCUT2D eigenvalue weighted by atomic mass is 10.0. The minimum atomic E-state index is -0.143. The first-order valence-corrected chi connectivity index (χ1v) is 6.43. The number of likely N-dealkylation sites (N-methyl/N-ethyl adjacent to an activating group) is 1. The van der Waals surface area contributed by atoms with E-state index in [4.69, 9.17) is 5.73 Å². The number of piperazine rings is 1. The molecule has 1 saturated heterocycles. The van der Waals surface area contributed by atoms with Crippen LogP contribution >= 0.6 is 0 Å². The van der Waals surface area contributed by atoms with Crippen molar-refractivity contribution in [2.75, 3.05) is 39.8 Å². The Balaban J connectivity index is 2.39. The molecule has 104 valence electrons. The van der Waals surface area contributed by atoms with Crippen LogP contribution in [0.15, 0.2) is 0 Å². The fourth-order valence-corrected chi connectivity index (χ4v) is 1.92. The molecule has 6 nitrogen and oxygen atoms in total. The van der Waals surface area contributed by atoms with E-state index in [1.165, 1.54) is 0 Å². The zero-order valence-electron chi connectivity index (χ0n) is 11.5. The maximum atomic E-state index is 12.1. The van der Waals surface area contributed by atoms with Crippen molar-refractivity contribution < 1.29 is 9.59 Å². The number of nitrogens with zero attached hydrogens (tertiary/aromatic N) is 2.